The molecule has 7 nitrogen and oxygen atoms in total. The molecule has 0 unspecified atom stereocenters. The summed E-state index contributed by atoms with van der Waals surface area (Å²) >= 11 is 0. The van der Waals surface area contributed by atoms with Crippen molar-refractivity contribution in [3.05, 3.63) is 0 Å². The van der Waals surface area contributed by atoms with Crippen LogP contribution >= 0.6 is 0 Å². The summed E-state index contributed by atoms with van der Waals surface area (Å²) in [6.45, 7) is 11.1. The number of hydrogen-bond donors (Lipinski definition) is 2. The first kappa shape index (κ1) is 23.8. The maximum absolute atomic E-state index is 11.4. The zero-order valence-electron chi connectivity index (χ0n) is 16.3. The number of carbonyl (C=O) groups excluding carboxylic acids is 2. The quantitative estimate of drug-likeness (QED) is 0.408. The fraction of sp³-hybridized carbons (Fsp3) is 0.889. The van der Waals surface area contributed by atoms with Gasteiger partial charge in [0.2, 0.25) is 11.8 Å². The number of amides is 2. The summed E-state index contributed by atoms with van der Waals surface area (Å²) in [5.74, 6) is -0.0369. The first-order valence-electron chi connectivity index (χ1n) is 9.25. The van der Waals surface area contributed by atoms with Crippen LogP contribution in [0, 0.1) is 5.92 Å². The molecular formula is C18H36N2O5. The molecule has 0 radical (unpaired) electrons. The van der Waals surface area contributed by atoms with Crippen molar-refractivity contribution in [3.8, 4) is 0 Å². The summed E-state index contributed by atoms with van der Waals surface area (Å²) in [6.07, 6.45) is 3.04. The fourth-order valence-corrected chi connectivity index (χ4v) is 1.80. The maximum Gasteiger partial charge on any atom is 0.246 e. The summed E-state index contributed by atoms with van der Waals surface area (Å²) in [5, 5.41) is 5.56. The van der Waals surface area contributed by atoms with Gasteiger partial charge in [0.15, 0.2) is 0 Å². The minimum absolute atomic E-state index is 0.0155. The second-order valence-corrected chi connectivity index (χ2v) is 6.44. The van der Waals surface area contributed by atoms with E-state index in [2.05, 4.69) is 10.6 Å². The largest absolute Gasteiger partial charge is 0.380 e. The summed E-state index contributed by atoms with van der Waals surface area (Å²) < 4.78 is 16.1. The van der Waals surface area contributed by atoms with Gasteiger partial charge in [-0.25, -0.2) is 0 Å². The van der Waals surface area contributed by atoms with Gasteiger partial charge < -0.3 is 24.8 Å². The first-order valence-corrected chi connectivity index (χ1v) is 9.25. The molecule has 0 saturated heterocycles. The third-order valence-electron chi connectivity index (χ3n) is 3.26. The van der Waals surface area contributed by atoms with Crippen LogP contribution in [0.4, 0.5) is 0 Å². The molecule has 25 heavy (non-hydrogen) atoms. The molecule has 148 valence electrons. The zero-order chi connectivity index (χ0) is 18.9. The van der Waals surface area contributed by atoms with Gasteiger partial charge in [-0.3, -0.25) is 9.59 Å². The molecule has 7 heteroatoms. The van der Waals surface area contributed by atoms with E-state index in [1.54, 1.807) is 0 Å². The molecule has 2 N–H and O–H groups in total. The number of nitrogens with one attached hydrogen (secondary N) is 2. The lowest BCUT2D eigenvalue weighted by molar-refractivity contribution is -0.127. The highest BCUT2D eigenvalue weighted by molar-refractivity contribution is 5.77. The Morgan fingerprint density at radius 2 is 1.36 bits per heavy atom. The van der Waals surface area contributed by atoms with Crippen LogP contribution in [0.15, 0.2) is 0 Å². The summed E-state index contributed by atoms with van der Waals surface area (Å²) in [6, 6.07) is 0. The second kappa shape index (κ2) is 16.3. The van der Waals surface area contributed by atoms with E-state index in [0.29, 0.717) is 39.5 Å². The molecular weight excluding hydrogens is 324 g/mol. The average molecular weight is 360 g/mol. The lowest BCUT2D eigenvalue weighted by Gasteiger charge is -2.09. The number of unbranched alkanes of at least 4 members (excludes halogenated alkanes) is 2. The molecule has 0 aliphatic carbocycles. The van der Waals surface area contributed by atoms with E-state index < -0.39 is 0 Å². The predicted molar refractivity (Wildman–Crippen MR) is 97.4 cm³/mol. The number of hydrogen-bond acceptors (Lipinski definition) is 5. The fourth-order valence-electron chi connectivity index (χ4n) is 1.80. The number of rotatable bonds is 16. The van der Waals surface area contributed by atoms with Crippen molar-refractivity contribution in [2.75, 3.05) is 46.1 Å². The van der Waals surface area contributed by atoms with Gasteiger partial charge in [-0.05, 0) is 33.1 Å². The van der Waals surface area contributed by atoms with E-state index in [9.17, 15) is 9.59 Å². The van der Waals surface area contributed by atoms with Crippen molar-refractivity contribution in [3.63, 3.8) is 0 Å². The zero-order valence-corrected chi connectivity index (χ0v) is 16.3. The summed E-state index contributed by atoms with van der Waals surface area (Å²) in [5.41, 5.74) is 0. The van der Waals surface area contributed by atoms with Crippen molar-refractivity contribution in [2.24, 2.45) is 5.92 Å². The molecule has 0 saturated carbocycles. The Morgan fingerprint density at radius 1 is 0.800 bits per heavy atom. The van der Waals surface area contributed by atoms with Gasteiger partial charge in [-0.1, -0.05) is 13.8 Å². The topological polar surface area (TPSA) is 85.9 Å². The Balaban J connectivity index is 3.19. The van der Waals surface area contributed by atoms with Crippen LogP contribution in [0.3, 0.4) is 0 Å². The van der Waals surface area contributed by atoms with Gasteiger partial charge in [0.25, 0.3) is 0 Å². The van der Waals surface area contributed by atoms with E-state index in [0.717, 1.165) is 19.3 Å². The molecule has 0 aromatic heterocycles. The van der Waals surface area contributed by atoms with Crippen molar-refractivity contribution in [1.82, 2.24) is 10.6 Å². The van der Waals surface area contributed by atoms with E-state index in [4.69, 9.17) is 14.2 Å². The van der Waals surface area contributed by atoms with Gasteiger partial charge in [0.05, 0.1) is 19.3 Å². The molecule has 0 atom stereocenters. The van der Waals surface area contributed by atoms with E-state index in [1.807, 2.05) is 27.7 Å². The second-order valence-electron chi connectivity index (χ2n) is 6.44. The molecule has 0 fully saturated rings. The molecule has 0 aromatic rings. The van der Waals surface area contributed by atoms with Crippen LogP contribution in [0.1, 0.15) is 47.0 Å². The Bertz CT molecular complexity index is 348. The molecule has 0 aliphatic heterocycles. The smallest absolute Gasteiger partial charge is 0.246 e. The normalized spacial score (nSPS) is 11.1. The maximum atomic E-state index is 11.4. The van der Waals surface area contributed by atoms with Crippen LogP contribution in [0.5, 0.6) is 0 Å². The highest BCUT2D eigenvalue weighted by Crippen LogP contribution is 1.96. The minimum atomic E-state index is -0.112. The molecule has 0 aliphatic rings. The van der Waals surface area contributed by atoms with Crippen molar-refractivity contribution in [2.45, 2.75) is 53.1 Å². The van der Waals surface area contributed by atoms with Crippen molar-refractivity contribution < 1.29 is 23.8 Å². The van der Waals surface area contributed by atoms with Gasteiger partial charge in [-0.15, -0.1) is 0 Å². The Hall–Kier alpha value is -1.18. The third kappa shape index (κ3) is 17.4. The van der Waals surface area contributed by atoms with Gasteiger partial charge in [-0.2, -0.15) is 0 Å². The molecule has 0 bridgehead atoms. The molecule has 0 aromatic carbocycles. The molecule has 0 spiro atoms. The van der Waals surface area contributed by atoms with Crippen molar-refractivity contribution in [1.29, 1.82) is 0 Å². The van der Waals surface area contributed by atoms with Crippen LogP contribution < -0.4 is 10.6 Å². The summed E-state index contributed by atoms with van der Waals surface area (Å²) in [7, 11) is 0. The van der Waals surface area contributed by atoms with Gasteiger partial charge in [0, 0.05) is 32.2 Å². The van der Waals surface area contributed by atoms with Crippen LogP contribution in [0.25, 0.3) is 0 Å². The SMILES string of the molecule is CC(C)OCC(=O)NCCOCCCCCOCCNC(=O)C(C)C. The first-order chi connectivity index (χ1) is 11.9. The lowest BCUT2D eigenvalue weighted by atomic mass is 10.2. The Labute approximate surface area is 152 Å². The Kier molecular flexibility index (Phi) is 15.5. The van der Waals surface area contributed by atoms with Crippen LogP contribution in [-0.2, 0) is 23.8 Å². The van der Waals surface area contributed by atoms with E-state index >= 15 is 0 Å². The minimum Gasteiger partial charge on any atom is -0.380 e. The van der Waals surface area contributed by atoms with Crippen LogP contribution in [0.2, 0.25) is 0 Å². The molecule has 0 heterocycles. The van der Waals surface area contributed by atoms with Crippen LogP contribution in [-0.4, -0.2) is 64.0 Å². The average Bonchev–Trinajstić information content (AvgIpc) is 2.56. The van der Waals surface area contributed by atoms with E-state index in [1.165, 1.54) is 0 Å². The molecule has 2 amide bonds. The third-order valence-corrected chi connectivity index (χ3v) is 3.26. The standard InChI is InChI=1S/C18H36N2O5/c1-15(2)18(22)20-9-13-24-11-7-5-6-10-23-12-8-19-17(21)14-25-16(3)4/h15-16H,5-14H2,1-4H3,(H,19,21)(H,20,22). The van der Waals surface area contributed by atoms with Gasteiger partial charge >= 0.3 is 0 Å². The lowest BCUT2D eigenvalue weighted by Crippen LogP contribution is -2.31. The Morgan fingerprint density at radius 3 is 1.88 bits per heavy atom. The highest BCUT2D eigenvalue weighted by atomic mass is 16.5. The molecule has 0 rings (SSSR count). The predicted octanol–water partition coefficient (Wildman–Crippen LogP) is 1.50. The van der Waals surface area contributed by atoms with Crippen molar-refractivity contribution >= 4 is 11.8 Å². The number of carbonyl (C=O) groups is 2. The summed E-state index contributed by atoms with van der Waals surface area (Å²) in [4.78, 5) is 22.7. The van der Waals surface area contributed by atoms with Gasteiger partial charge in [0.1, 0.15) is 6.61 Å². The monoisotopic (exact) mass is 360 g/mol. The highest BCUT2D eigenvalue weighted by Gasteiger charge is 2.04. The number of ether oxygens (including phenoxy) is 3. The van der Waals surface area contributed by atoms with E-state index in [-0.39, 0.29) is 30.4 Å².